The minimum atomic E-state index is -1.02. The lowest BCUT2D eigenvalue weighted by Gasteiger charge is -2.09. The van der Waals surface area contributed by atoms with Gasteiger partial charge in [0.1, 0.15) is 0 Å². The number of carbonyl (C=O) groups excluding carboxylic acids is 1. The molecule has 5 heteroatoms. The van der Waals surface area contributed by atoms with Crippen LogP contribution < -0.4 is 5.32 Å². The molecule has 0 saturated heterocycles. The Kier molecular flexibility index (Phi) is 4.12. The minimum absolute atomic E-state index is 0.148. The van der Waals surface area contributed by atoms with Crippen LogP contribution in [0, 0.1) is 0 Å². The van der Waals surface area contributed by atoms with E-state index in [1.54, 1.807) is 12.1 Å². The number of anilines is 1. The number of nitrogens with zero attached hydrogens (tertiary/aromatic N) is 1. The lowest BCUT2D eigenvalue weighted by Crippen LogP contribution is -2.14. The summed E-state index contributed by atoms with van der Waals surface area (Å²) in [5.41, 5.74) is 3.65. The molecule has 2 N–H and O–H groups in total. The second-order valence-corrected chi connectivity index (χ2v) is 5.63. The summed E-state index contributed by atoms with van der Waals surface area (Å²) in [5.74, 6) is -1.25. The number of nitrogens with one attached hydrogen (secondary N) is 1. The quantitative estimate of drug-likeness (QED) is 0.911. The van der Waals surface area contributed by atoms with Gasteiger partial charge in [-0.2, -0.15) is 0 Å². The number of carbonyl (C=O) groups is 2. The van der Waals surface area contributed by atoms with Crippen molar-refractivity contribution >= 4 is 17.6 Å². The van der Waals surface area contributed by atoms with E-state index in [4.69, 9.17) is 5.11 Å². The number of benzene rings is 2. The molecule has 118 valence electrons. The highest BCUT2D eigenvalue weighted by atomic mass is 16.4. The molecule has 1 heterocycles. The van der Waals surface area contributed by atoms with Gasteiger partial charge < -0.3 is 10.4 Å². The van der Waals surface area contributed by atoms with Crippen LogP contribution in [0.15, 0.2) is 42.5 Å². The van der Waals surface area contributed by atoms with Crippen LogP contribution in [-0.2, 0) is 13.1 Å². The van der Waals surface area contributed by atoms with Gasteiger partial charge in [-0.3, -0.25) is 9.69 Å². The first-order valence-corrected chi connectivity index (χ1v) is 7.55. The number of hydrogen-bond acceptors (Lipinski definition) is 3. The molecular weight excluding hydrogens is 292 g/mol. The maximum Gasteiger partial charge on any atom is 0.335 e. The first kappa shape index (κ1) is 15.2. The summed E-state index contributed by atoms with van der Waals surface area (Å²) < 4.78 is 0. The summed E-state index contributed by atoms with van der Waals surface area (Å²) in [6.45, 7) is 4.89. The summed E-state index contributed by atoms with van der Waals surface area (Å²) in [4.78, 5) is 25.7. The van der Waals surface area contributed by atoms with Gasteiger partial charge in [-0.1, -0.05) is 19.1 Å². The van der Waals surface area contributed by atoms with Crippen molar-refractivity contribution < 1.29 is 14.7 Å². The van der Waals surface area contributed by atoms with Crippen LogP contribution in [0.1, 0.15) is 38.8 Å². The molecule has 0 saturated carbocycles. The largest absolute Gasteiger partial charge is 0.478 e. The van der Waals surface area contributed by atoms with Crippen LogP contribution in [0.3, 0.4) is 0 Å². The van der Waals surface area contributed by atoms with Gasteiger partial charge in [0, 0.05) is 24.3 Å². The predicted molar refractivity (Wildman–Crippen MR) is 87.6 cm³/mol. The zero-order valence-corrected chi connectivity index (χ0v) is 12.9. The van der Waals surface area contributed by atoms with Crippen molar-refractivity contribution in [2.75, 3.05) is 11.9 Å². The van der Waals surface area contributed by atoms with Crippen molar-refractivity contribution in [2.24, 2.45) is 0 Å². The van der Waals surface area contributed by atoms with E-state index in [1.807, 2.05) is 18.2 Å². The number of carboxylic acid groups (broad SMARTS) is 1. The topological polar surface area (TPSA) is 69.6 Å². The SMILES string of the molecule is CCN1Cc2ccc(C(=O)Nc3cccc(C(=O)O)c3)cc2C1. The Morgan fingerprint density at radius 2 is 1.87 bits per heavy atom. The molecule has 0 aliphatic carbocycles. The number of fused-ring (bicyclic) bond motifs is 1. The van der Waals surface area contributed by atoms with Crippen molar-refractivity contribution in [3.05, 3.63) is 64.7 Å². The fourth-order valence-electron chi connectivity index (χ4n) is 2.76. The molecule has 1 aliphatic rings. The van der Waals surface area contributed by atoms with Crippen molar-refractivity contribution in [1.29, 1.82) is 0 Å². The average molecular weight is 310 g/mol. The third-order valence-corrected chi connectivity index (χ3v) is 4.07. The standard InChI is InChI=1S/C18H18N2O3/c1-2-20-10-14-7-6-12(8-15(14)11-20)17(21)19-16-5-3-4-13(9-16)18(22)23/h3-9H,2,10-11H2,1H3,(H,19,21)(H,22,23). The van der Waals surface area contributed by atoms with Crippen LogP contribution in [0.25, 0.3) is 0 Å². The summed E-state index contributed by atoms with van der Waals surface area (Å²) >= 11 is 0. The van der Waals surface area contributed by atoms with Crippen molar-refractivity contribution in [1.82, 2.24) is 4.90 Å². The average Bonchev–Trinajstić information content (AvgIpc) is 2.97. The van der Waals surface area contributed by atoms with E-state index in [0.29, 0.717) is 11.3 Å². The molecule has 0 fully saturated rings. The molecule has 0 atom stereocenters. The Hall–Kier alpha value is -2.66. The third-order valence-electron chi connectivity index (χ3n) is 4.07. The van der Waals surface area contributed by atoms with Crippen LogP contribution in [0.4, 0.5) is 5.69 Å². The Balaban J connectivity index is 1.77. The molecule has 5 nitrogen and oxygen atoms in total. The highest BCUT2D eigenvalue weighted by molar-refractivity contribution is 6.05. The molecule has 2 aromatic carbocycles. The molecule has 0 unspecified atom stereocenters. The highest BCUT2D eigenvalue weighted by Gasteiger charge is 2.19. The summed E-state index contributed by atoms with van der Waals surface area (Å²) in [6.07, 6.45) is 0. The second kappa shape index (κ2) is 6.22. The summed E-state index contributed by atoms with van der Waals surface area (Å²) in [5, 5.41) is 11.8. The van der Waals surface area contributed by atoms with Gasteiger partial charge in [0.15, 0.2) is 0 Å². The fourth-order valence-corrected chi connectivity index (χ4v) is 2.76. The lowest BCUT2D eigenvalue weighted by atomic mass is 10.1. The molecular formula is C18H18N2O3. The first-order valence-electron chi connectivity index (χ1n) is 7.55. The monoisotopic (exact) mass is 310 g/mol. The zero-order valence-electron chi connectivity index (χ0n) is 12.9. The smallest absolute Gasteiger partial charge is 0.335 e. The van der Waals surface area contributed by atoms with E-state index in [1.165, 1.54) is 23.3 Å². The van der Waals surface area contributed by atoms with Crippen LogP contribution in [0.2, 0.25) is 0 Å². The van der Waals surface area contributed by atoms with E-state index in [9.17, 15) is 9.59 Å². The van der Waals surface area contributed by atoms with Crippen molar-refractivity contribution in [3.63, 3.8) is 0 Å². The van der Waals surface area contributed by atoms with Crippen molar-refractivity contribution in [2.45, 2.75) is 20.0 Å². The van der Waals surface area contributed by atoms with Gasteiger partial charge in [0.05, 0.1) is 5.56 Å². The third kappa shape index (κ3) is 3.24. The maximum atomic E-state index is 12.4. The van der Waals surface area contributed by atoms with E-state index >= 15 is 0 Å². The molecule has 1 aliphatic heterocycles. The fraction of sp³-hybridized carbons (Fsp3) is 0.222. The van der Waals surface area contributed by atoms with Gasteiger partial charge in [0.2, 0.25) is 0 Å². The Bertz CT molecular complexity index is 771. The highest BCUT2D eigenvalue weighted by Crippen LogP contribution is 2.24. The number of carboxylic acids is 1. The van der Waals surface area contributed by atoms with E-state index < -0.39 is 5.97 Å². The molecule has 23 heavy (non-hydrogen) atoms. The number of rotatable bonds is 4. The number of hydrogen-bond donors (Lipinski definition) is 2. The van der Waals surface area contributed by atoms with Crippen LogP contribution in [-0.4, -0.2) is 28.4 Å². The van der Waals surface area contributed by atoms with Crippen molar-refractivity contribution in [3.8, 4) is 0 Å². The molecule has 0 bridgehead atoms. The summed E-state index contributed by atoms with van der Waals surface area (Å²) in [6, 6.07) is 12.0. The zero-order chi connectivity index (χ0) is 16.4. The Morgan fingerprint density at radius 3 is 2.61 bits per heavy atom. The Labute approximate surface area is 134 Å². The van der Waals surface area contributed by atoms with E-state index in [-0.39, 0.29) is 11.5 Å². The van der Waals surface area contributed by atoms with Gasteiger partial charge in [-0.15, -0.1) is 0 Å². The molecule has 2 aromatic rings. The molecule has 0 spiro atoms. The van der Waals surface area contributed by atoms with Gasteiger partial charge in [-0.05, 0) is 48.0 Å². The van der Waals surface area contributed by atoms with E-state index in [2.05, 4.69) is 17.1 Å². The number of aromatic carboxylic acids is 1. The maximum absolute atomic E-state index is 12.4. The molecule has 1 amide bonds. The normalized spacial score (nSPS) is 13.6. The van der Waals surface area contributed by atoms with Crippen LogP contribution >= 0.6 is 0 Å². The van der Waals surface area contributed by atoms with Crippen LogP contribution in [0.5, 0.6) is 0 Å². The Morgan fingerprint density at radius 1 is 1.09 bits per heavy atom. The second-order valence-electron chi connectivity index (χ2n) is 5.63. The predicted octanol–water partition coefficient (Wildman–Crippen LogP) is 2.97. The summed E-state index contributed by atoms with van der Waals surface area (Å²) in [7, 11) is 0. The van der Waals surface area contributed by atoms with Gasteiger partial charge >= 0.3 is 5.97 Å². The van der Waals surface area contributed by atoms with E-state index in [0.717, 1.165) is 19.6 Å². The van der Waals surface area contributed by atoms with Gasteiger partial charge in [0.25, 0.3) is 5.91 Å². The minimum Gasteiger partial charge on any atom is -0.478 e. The molecule has 3 rings (SSSR count). The molecule has 0 aromatic heterocycles. The van der Waals surface area contributed by atoms with Gasteiger partial charge in [-0.25, -0.2) is 4.79 Å². The first-order chi connectivity index (χ1) is 11.1. The lowest BCUT2D eigenvalue weighted by molar-refractivity contribution is 0.0696. The molecule has 0 radical (unpaired) electrons. The number of amides is 1.